The summed E-state index contributed by atoms with van der Waals surface area (Å²) in [7, 11) is 0. The van der Waals surface area contributed by atoms with E-state index in [0.29, 0.717) is 6.54 Å². The Morgan fingerprint density at radius 2 is 1.72 bits per heavy atom. The van der Waals surface area contributed by atoms with E-state index in [-0.39, 0.29) is 5.91 Å². The van der Waals surface area contributed by atoms with E-state index in [2.05, 4.69) is 15.3 Å². The van der Waals surface area contributed by atoms with Gasteiger partial charge in [-0.25, -0.2) is 4.98 Å². The molecule has 5 nitrogen and oxygen atoms in total. The van der Waals surface area contributed by atoms with Crippen LogP contribution in [0.1, 0.15) is 17.4 Å². The van der Waals surface area contributed by atoms with Crippen LogP contribution in [0.25, 0.3) is 11.0 Å². The van der Waals surface area contributed by atoms with E-state index < -0.39 is 6.04 Å². The van der Waals surface area contributed by atoms with Gasteiger partial charge in [-0.3, -0.25) is 4.79 Å². The van der Waals surface area contributed by atoms with Gasteiger partial charge in [-0.1, -0.05) is 42.5 Å². The molecule has 0 fully saturated rings. The van der Waals surface area contributed by atoms with Crippen molar-refractivity contribution < 1.29 is 4.79 Å². The maximum absolute atomic E-state index is 12.9. The SMILES string of the molecule is O=C(NCc1nc2ccccc2[nH]1)[C@@H](c1ccccc1)n1cccc1. The van der Waals surface area contributed by atoms with Gasteiger partial charge in [0.15, 0.2) is 0 Å². The molecule has 0 spiro atoms. The minimum absolute atomic E-state index is 0.0668. The number of nitrogens with zero attached hydrogens (tertiary/aromatic N) is 2. The summed E-state index contributed by atoms with van der Waals surface area (Å²) in [4.78, 5) is 20.6. The molecule has 1 atom stereocenters. The van der Waals surface area contributed by atoms with Crippen molar-refractivity contribution in [2.45, 2.75) is 12.6 Å². The number of H-pyrrole nitrogens is 1. The van der Waals surface area contributed by atoms with Gasteiger partial charge in [0.2, 0.25) is 5.91 Å². The van der Waals surface area contributed by atoms with Crippen molar-refractivity contribution in [3.8, 4) is 0 Å². The number of hydrogen-bond donors (Lipinski definition) is 2. The molecule has 5 heteroatoms. The highest BCUT2D eigenvalue weighted by Crippen LogP contribution is 2.19. The van der Waals surface area contributed by atoms with Crippen molar-refractivity contribution in [1.82, 2.24) is 19.9 Å². The maximum atomic E-state index is 12.9. The van der Waals surface area contributed by atoms with Gasteiger partial charge in [-0.05, 0) is 29.8 Å². The Bertz CT molecular complexity index is 940. The number of hydrogen-bond acceptors (Lipinski definition) is 2. The molecule has 124 valence electrons. The Balaban J connectivity index is 1.54. The molecule has 2 heterocycles. The van der Waals surface area contributed by atoms with E-state index in [0.717, 1.165) is 22.4 Å². The van der Waals surface area contributed by atoms with Gasteiger partial charge in [0, 0.05) is 12.4 Å². The van der Waals surface area contributed by atoms with E-state index in [1.54, 1.807) is 0 Å². The summed E-state index contributed by atoms with van der Waals surface area (Å²) >= 11 is 0. The highest BCUT2D eigenvalue weighted by Gasteiger charge is 2.21. The Hall–Kier alpha value is -3.34. The molecule has 2 N–H and O–H groups in total. The predicted molar refractivity (Wildman–Crippen MR) is 97.0 cm³/mol. The number of aromatic nitrogens is 3. The quantitative estimate of drug-likeness (QED) is 0.590. The fourth-order valence-corrected chi connectivity index (χ4v) is 2.97. The third-order valence-corrected chi connectivity index (χ3v) is 4.16. The third-order valence-electron chi connectivity index (χ3n) is 4.16. The van der Waals surface area contributed by atoms with Crippen molar-refractivity contribution in [3.05, 3.63) is 90.5 Å². The van der Waals surface area contributed by atoms with Crippen LogP contribution in [0.15, 0.2) is 79.1 Å². The van der Waals surface area contributed by atoms with Crippen molar-refractivity contribution in [2.24, 2.45) is 0 Å². The van der Waals surface area contributed by atoms with Crippen LogP contribution < -0.4 is 5.32 Å². The highest BCUT2D eigenvalue weighted by molar-refractivity contribution is 5.83. The minimum atomic E-state index is -0.402. The molecular formula is C20H18N4O. The van der Waals surface area contributed by atoms with Gasteiger partial charge in [0.25, 0.3) is 0 Å². The van der Waals surface area contributed by atoms with Crippen LogP contribution in [0.2, 0.25) is 0 Å². The van der Waals surface area contributed by atoms with Crippen LogP contribution in [-0.2, 0) is 11.3 Å². The summed E-state index contributed by atoms with van der Waals surface area (Å²) in [6.07, 6.45) is 3.80. The standard InChI is InChI=1S/C20H18N4O/c25-20(21-14-18-22-16-10-4-5-11-17(16)23-18)19(24-12-6-7-13-24)15-8-2-1-3-9-15/h1-13,19H,14H2,(H,21,25)(H,22,23)/t19-/m1/s1. The molecule has 25 heavy (non-hydrogen) atoms. The predicted octanol–water partition coefficient (Wildman–Crippen LogP) is 3.27. The Morgan fingerprint density at radius 3 is 2.48 bits per heavy atom. The average molecular weight is 330 g/mol. The number of imidazole rings is 1. The van der Waals surface area contributed by atoms with Gasteiger partial charge < -0.3 is 14.9 Å². The zero-order valence-corrected chi connectivity index (χ0v) is 13.6. The second kappa shape index (κ2) is 6.65. The normalized spacial score (nSPS) is 12.2. The number of amides is 1. The third kappa shape index (κ3) is 3.17. The molecular weight excluding hydrogens is 312 g/mol. The second-order valence-electron chi connectivity index (χ2n) is 5.86. The summed E-state index contributed by atoms with van der Waals surface area (Å²) in [5.41, 5.74) is 2.81. The molecule has 0 saturated heterocycles. The lowest BCUT2D eigenvalue weighted by Gasteiger charge is -2.18. The number of benzene rings is 2. The van der Waals surface area contributed by atoms with E-state index in [4.69, 9.17) is 0 Å². The first-order valence-corrected chi connectivity index (χ1v) is 8.20. The van der Waals surface area contributed by atoms with Crippen molar-refractivity contribution in [3.63, 3.8) is 0 Å². The van der Waals surface area contributed by atoms with E-state index >= 15 is 0 Å². The largest absolute Gasteiger partial charge is 0.347 e. The number of nitrogens with one attached hydrogen (secondary N) is 2. The van der Waals surface area contributed by atoms with E-state index in [1.807, 2.05) is 83.7 Å². The van der Waals surface area contributed by atoms with Crippen LogP contribution in [0.4, 0.5) is 0 Å². The monoisotopic (exact) mass is 330 g/mol. The number of fused-ring (bicyclic) bond motifs is 1. The van der Waals surface area contributed by atoms with Crippen LogP contribution in [0, 0.1) is 0 Å². The minimum Gasteiger partial charge on any atom is -0.347 e. The number of carbonyl (C=O) groups excluding carboxylic acids is 1. The zero-order valence-electron chi connectivity index (χ0n) is 13.6. The Morgan fingerprint density at radius 1 is 1.00 bits per heavy atom. The van der Waals surface area contributed by atoms with Crippen molar-refractivity contribution in [2.75, 3.05) is 0 Å². The zero-order chi connectivity index (χ0) is 17.1. The molecule has 0 bridgehead atoms. The smallest absolute Gasteiger partial charge is 0.248 e. The Kier molecular flexibility index (Phi) is 4.04. The number of carbonyl (C=O) groups is 1. The van der Waals surface area contributed by atoms with Crippen LogP contribution in [0.5, 0.6) is 0 Å². The summed E-state index contributed by atoms with van der Waals surface area (Å²) in [5, 5.41) is 2.99. The lowest BCUT2D eigenvalue weighted by Crippen LogP contribution is -2.32. The van der Waals surface area contributed by atoms with Gasteiger partial charge >= 0.3 is 0 Å². The first kappa shape index (κ1) is 15.2. The lowest BCUT2D eigenvalue weighted by molar-refractivity contribution is -0.123. The second-order valence-corrected chi connectivity index (χ2v) is 5.86. The summed E-state index contributed by atoms with van der Waals surface area (Å²) in [5.74, 6) is 0.678. The summed E-state index contributed by atoms with van der Waals surface area (Å²) < 4.78 is 1.91. The van der Waals surface area contributed by atoms with Gasteiger partial charge in [0.1, 0.15) is 11.9 Å². The van der Waals surface area contributed by atoms with Crippen LogP contribution in [0.3, 0.4) is 0 Å². The molecule has 2 aromatic heterocycles. The molecule has 2 aromatic carbocycles. The number of aromatic amines is 1. The van der Waals surface area contributed by atoms with Gasteiger partial charge in [0.05, 0.1) is 17.6 Å². The first-order chi connectivity index (χ1) is 12.3. The molecule has 4 aromatic rings. The highest BCUT2D eigenvalue weighted by atomic mass is 16.2. The molecule has 0 aliphatic rings. The molecule has 4 rings (SSSR count). The summed E-state index contributed by atoms with van der Waals surface area (Å²) in [6, 6.07) is 21.0. The van der Waals surface area contributed by atoms with E-state index in [1.165, 1.54) is 0 Å². The topological polar surface area (TPSA) is 62.7 Å². The van der Waals surface area contributed by atoms with Gasteiger partial charge in [-0.2, -0.15) is 0 Å². The van der Waals surface area contributed by atoms with Gasteiger partial charge in [-0.15, -0.1) is 0 Å². The lowest BCUT2D eigenvalue weighted by atomic mass is 10.1. The van der Waals surface area contributed by atoms with E-state index in [9.17, 15) is 4.79 Å². The van der Waals surface area contributed by atoms with Crippen molar-refractivity contribution >= 4 is 16.9 Å². The van der Waals surface area contributed by atoms with Crippen molar-refractivity contribution in [1.29, 1.82) is 0 Å². The molecule has 0 unspecified atom stereocenters. The number of rotatable bonds is 5. The fourth-order valence-electron chi connectivity index (χ4n) is 2.97. The first-order valence-electron chi connectivity index (χ1n) is 8.20. The van der Waals surface area contributed by atoms with Crippen LogP contribution >= 0.6 is 0 Å². The van der Waals surface area contributed by atoms with Crippen LogP contribution in [-0.4, -0.2) is 20.4 Å². The number of para-hydroxylation sites is 2. The average Bonchev–Trinajstić information content (AvgIpc) is 3.30. The molecule has 1 amide bonds. The molecule has 0 aliphatic heterocycles. The maximum Gasteiger partial charge on any atom is 0.248 e. The Labute approximate surface area is 145 Å². The molecule has 0 saturated carbocycles. The molecule has 0 radical (unpaired) electrons. The molecule has 0 aliphatic carbocycles. The fraction of sp³-hybridized carbons (Fsp3) is 0.100. The summed E-state index contributed by atoms with van der Waals surface area (Å²) in [6.45, 7) is 0.359.